The van der Waals surface area contributed by atoms with Crippen LogP contribution < -0.4 is 0 Å². The van der Waals surface area contributed by atoms with Gasteiger partial charge in [-0.05, 0) is 6.92 Å². The van der Waals surface area contributed by atoms with Crippen molar-refractivity contribution in [1.29, 1.82) is 0 Å². The molecule has 0 bridgehead atoms. The summed E-state index contributed by atoms with van der Waals surface area (Å²) < 4.78 is 5.01. The summed E-state index contributed by atoms with van der Waals surface area (Å²) in [5.74, 6) is -0.410. The first-order chi connectivity index (χ1) is 6.00. The molecule has 0 N–H and O–H groups in total. The number of carbonyl (C=O) groups is 2. The highest BCUT2D eigenvalue weighted by Crippen LogP contribution is 2.13. The number of likely N-dealkylation sites (tertiary alicyclic amines) is 1. The van der Waals surface area contributed by atoms with Crippen molar-refractivity contribution < 1.29 is 14.3 Å². The number of hydrogen-bond acceptors (Lipinski definition) is 3. The van der Waals surface area contributed by atoms with Crippen LogP contribution >= 0.6 is 0 Å². The second-order valence-corrected chi connectivity index (χ2v) is 3.29. The minimum absolute atomic E-state index is 0.0134. The number of ether oxygens (including phenoxy) is 1. The van der Waals surface area contributed by atoms with E-state index in [2.05, 4.69) is 6.58 Å². The third-order valence-electron chi connectivity index (χ3n) is 1.93. The van der Waals surface area contributed by atoms with Crippen LogP contribution in [0.2, 0.25) is 0 Å². The molecule has 0 saturated carbocycles. The highest BCUT2D eigenvalue weighted by atomic mass is 16.5. The summed E-state index contributed by atoms with van der Waals surface area (Å²) in [6.07, 6.45) is -0.0168. The molecule has 13 heavy (non-hydrogen) atoms. The molecule has 1 heterocycles. The minimum Gasteiger partial charge on any atom is -0.457 e. The van der Waals surface area contributed by atoms with Gasteiger partial charge in [0.25, 0.3) is 0 Å². The van der Waals surface area contributed by atoms with Gasteiger partial charge >= 0.3 is 5.97 Å². The van der Waals surface area contributed by atoms with Crippen molar-refractivity contribution in [2.24, 2.45) is 0 Å². The van der Waals surface area contributed by atoms with Crippen molar-refractivity contribution in [2.75, 3.05) is 13.6 Å². The minimum atomic E-state index is -0.423. The Morgan fingerprint density at radius 1 is 1.69 bits per heavy atom. The Kier molecular flexibility index (Phi) is 2.70. The van der Waals surface area contributed by atoms with Crippen LogP contribution in [0.4, 0.5) is 0 Å². The van der Waals surface area contributed by atoms with Crippen molar-refractivity contribution in [3.8, 4) is 0 Å². The van der Waals surface area contributed by atoms with E-state index in [1.165, 1.54) is 0 Å². The topological polar surface area (TPSA) is 46.6 Å². The first kappa shape index (κ1) is 9.77. The smallest absolute Gasteiger partial charge is 0.333 e. The Morgan fingerprint density at radius 2 is 2.31 bits per heavy atom. The lowest BCUT2D eigenvalue weighted by Gasteiger charge is -2.11. The van der Waals surface area contributed by atoms with E-state index in [9.17, 15) is 9.59 Å². The fraction of sp³-hybridized carbons (Fsp3) is 0.556. The van der Waals surface area contributed by atoms with Crippen LogP contribution in [0.25, 0.3) is 0 Å². The van der Waals surface area contributed by atoms with Gasteiger partial charge in [-0.3, -0.25) is 4.79 Å². The molecule has 4 nitrogen and oxygen atoms in total. The number of esters is 1. The Hall–Kier alpha value is -1.32. The van der Waals surface area contributed by atoms with Gasteiger partial charge in [-0.25, -0.2) is 4.79 Å². The molecule has 1 atom stereocenters. The van der Waals surface area contributed by atoms with Gasteiger partial charge in [0, 0.05) is 12.6 Å². The van der Waals surface area contributed by atoms with Gasteiger partial charge in [-0.15, -0.1) is 0 Å². The molecule has 0 aliphatic carbocycles. The number of nitrogens with zero attached hydrogens (tertiary/aromatic N) is 1. The van der Waals surface area contributed by atoms with Crippen LogP contribution in [-0.4, -0.2) is 36.5 Å². The molecule has 1 amide bonds. The summed E-state index contributed by atoms with van der Waals surface area (Å²) in [5, 5.41) is 0. The summed E-state index contributed by atoms with van der Waals surface area (Å²) in [4.78, 5) is 23.7. The van der Waals surface area contributed by atoms with Crippen molar-refractivity contribution in [3.63, 3.8) is 0 Å². The van der Waals surface area contributed by atoms with Crippen LogP contribution in [0.3, 0.4) is 0 Å². The summed E-state index contributed by atoms with van der Waals surface area (Å²) in [5.41, 5.74) is 0.363. The SMILES string of the molecule is C=C(C)C(=O)OC1CC(=O)N(C)C1. The van der Waals surface area contributed by atoms with Gasteiger partial charge in [0.15, 0.2) is 0 Å². The Labute approximate surface area is 77.2 Å². The fourth-order valence-corrected chi connectivity index (χ4v) is 1.15. The highest BCUT2D eigenvalue weighted by molar-refractivity contribution is 5.87. The molecule has 0 aromatic rings. The Morgan fingerprint density at radius 3 is 2.69 bits per heavy atom. The third-order valence-corrected chi connectivity index (χ3v) is 1.93. The maximum absolute atomic E-state index is 11.1. The maximum atomic E-state index is 11.1. The second-order valence-electron chi connectivity index (χ2n) is 3.29. The predicted molar refractivity (Wildman–Crippen MR) is 46.9 cm³/mol. The number of hydrogen-bond donors (Lipinski definition) is 0. The largest absolute Gasteiger partial charge is 0.457 e. The van der Waals surface area contributed by atoms with E-state index in [0.29, 0.717) is 12.1 Å². The molecule has 0 aromatic heterocycles. The molecule has 4 heteroatoms. The number of carbonyl (C=O) groups excluding carboxylic acids is 2. The zero-order valence-electron chi connectivity index (χ0n) is 7.87. The lowest BCUT2D eigenvalue weighted by molar-refractivity contribution is -0.143. The molecule has 0 aromatic carbocycles. The van der Waals surface area contributed by atoms with E-state index in [0.717, 1.165) is 0 Å². The molecule has 72 valence electrons. The third kappa shape index (κ3) is 2.31. The van der Waals surface area contributed by atoms with E-state index < -0.39 is 5.97 Å². The summed E-state index contributed by atoms with van der Waals surface area (Å²) in [7, 11) is 1.69. The second kappa shape index (κ2) is 3.60. The lowest BCUT2D eigenvalue weighted by atomic mass is 10.3. The standard InChI is InChI=1S/C9H13NO3/c1-6(2)9(12)13-7-4-8(11)10(3)5-7/h7H,1,4-5H2,2-3H3. The van der Waals surface area contributed by atoms with E-state index in [-0.39, 0.29) is 18.4 Å². The van der Waals surface area contributed by atoms with Crippen LogP contribution in [0.5, 0.6) is 0 Å². The summed E-state index contributed by atoms with van der Waals surface area (Å²) >= 11 is 0. The highest BCUT2D eigenvalue weighted by Gasteiger charge is 2.29. The Balaban J connectivity index is 2.45. The normalized spacial score (nSPS) is 21.8. The van der Waals surface area contributed by atoms with Crippen molar-refractivity contribution >= 4 is 11.9 Å². The predicted octanol–water partition coefficient (Wildman–Crippen LogP) is 0.336. The van der Waals surface area contributed by atoms with Crippen LogP contribution in [0, 0.1) is 0 Å². The molecule has 0 spiro atoms. The monoisotopic (exact) mass is 183 g/mol. The molecule has 1 unspecified atom stereocenters. The maximum Gasteiger partial charge on any atom is 0.333 e. The summed E-state index contributed by atoms with van der Waals surface area (Å²) in [6, 6.07) is 0. The average Bonchev–Trinajstić information content (AvgIpc) is 2.31. The number of amides is 1. The van der Waals surface area contributed by atoms with Gasteiger partial charge in [-0.1, -0.05) is 6.58 Å². The summed E-state index contributed by atoms with van der Waals surface area (Å²) in [6.45, 7) is 5.53. The quantitative estimate of drug-likeness (QED) is 0.458. The molecular weight excluding hydrogens is 170 g/mol. The molecule has 1 aliphatic rings. The van der Waals surface area contributed by atoms with Crippen molar-refractivity contribution in [1.82, 2.24) is 4.90 Å². The van der Waals surface area contributed by atoms with Crippen molar-refractivity contribution in [2.45, 2.75) is 19.4 Å². The zero-order chi connectivity index (χ0) is 10.0. The first-order valence-electron chi connectivity index (χ1n) is 4.11. The first-order valence-corrected chi connectivity index (χ1v) is 4.11. The number of likely N-dealkylation sites (N-methyl/N-ethyl adjacent to an activating group) is 1. The zero-order valence-corrected chi connectivity index (χ0v) is 7.87. The van der Waals surface area contributed by atoms with E-state index in [1.54, 1.807) is 18.9 Å². The molecule has 1 rings (SSSR count). The molecule has 1 saturated heterocycles. The molecular formula is C9H13NO3. The van der Waals surface area contributed by atoms with E-state index in [4.69, 9.17) is 4.74 Å². The van der Waals surface area contributed by atoms with E-state index >= 15 is 0 Å². The van der Waals surface area contributed by atoms with Crippen LogP contribution in [0.1, 0.15) is 13.3 Å². The van der Waals surface area contributed by atoms with Crippen LogP contribution in [-0.2, 0) is 14.3 Å². The van der Waals surface area contributed by atoms with Gasteiger partial charge < -0.3 is 9.64 Å². The van der Waals surface area contributed by atoms with Crippen LogP contribution in [0.15, 0.2) is 12.2 Å². The molecule has 1 aliphatic heterocycles. The van der Waals surface area contributed by atoms with E-state index in [1.807, 2.05) is 0 Å². The van der Waals surface area contributed by atoms with Gasteiger partial charge in [-0.2, -0.15) is 0 Å². The van der Waals surface area contributed by atoms with Crippen molar-refractivity contribution in [3.05, 3.63) is 12.2 Å². The lowest BCUT2D eigenvalue weighted by Crippen LogP contribution is -2.23. The van der Waals surface area contributed by atoms with Gasteiger partial charge in [0.2, 0.25) is 5.91 Å². The van der Waals surface area contributed by atoms with Gasteiger partial charge in [0.05, 0.1) is 13.0 Å². The van der Waals surface area contributed by atoms with Gasteiger partial charge in [0.1, 0.15) is 6.10 Å². The molecule has 1 fully saturated rings. The fourth-order valence-electron chi connectivity index (χ4n) is 1.15. The molecule has 0 radical (unpaired) electrons. The Bertz CT molecular complexity index is 260. The average molecular weight is 183 g/mol. The number of rotatable bonds is 2.